The first kappa shape index (κ1) is 17.2. The highest BCUT2D eigenvalue weighted by molar-refractivity contribution is 5.82. The first-order valence-corrected chi connectivity index (χ1v) is 6.13. The van der Waals surface area contributed by atoms with Gasteiger partial charge in [0.05, 0.1) is 19.6 Å². The molecule has 7 nitrogen and oxygen atoms in total. The van der Waals surface area contributed by atoms with E-state index in [1.165, 1.54) is 0 Å². The van der Waals surface area contributed by atoms with Crippen LogP contribution in [0.4, 0.5) is 4.79 Å². The molecular weight excluding hydrogens is 252 g/mol. The summed E-state index contributed by atoms with van der Waals surface area (Å²) in [4.78, 5) is 33.5. The number of ether oxygens (including phenoxy) is 2. The molecule has 7 heteroatoms. The molecule has 0 aliphatic heterocycles. The van der Waals surface area contributed by atoms with Gasteiger partial charge in [0.25, 0.3) is 0 Å². The third-order valence-corrected chi connectivity index (χ3v) is 1.75. The van der Waals surface area contributed by atoms with E-state index >= 15 is 0 Å². The lowest BCUT2D eigenvalue weighted by Gasteiger charge is -2.19. The van der Waals surface area contributed by atoms with Gasteiger partial charge in [-0.1, -0.05) is 0 Å². The third kappa shape index (κ3) is 11.1. The van der Waals surface area contributed by atoms with Crippen molar-refractivity contribution in [1.29, 1.82) is 0 Å². The molecule has 0 aromatic heterocycles. The van der Waals surface area contributed by atoms with E-state index in [1.54, 1.807) is 27.7 Å². The fraction of sp³-hybridized carbons (Fsp3) is 0.750. The van der Waals surface area contributed by atoms with Gasteiger partial charge < -0.3 is 20.1 Å². The fourth-order valence-corrected chi connectivity index (χ4v) is 1.07. The van der Waals surface area contributed by atoms with Crippen molar-refractivity contribution in [2.45, 2.75) is 39.7 Å². The Kier molecular flexibility index (Phi) is 7.55. The highest BCUT2D eigenvalue weighted by atomic mass is 16.6. The largest absolute Gasteiger partial charge is 0.466 e. The lowest BCUT2D eigenvalue weighted by atomic mass is 10.2. The van der Waals surface area contributed by atoms with E-state index in [1.807, 2.05) is 0 Å². The second-order valence-corrected chi connectivity index (χ2v) is 4.76. The van der Waals surface area contributed by atoms with Gasteiger partial charge in [-0.2, -0.15) is 0 Å². The molecular formula is C12H22N2O5. The maximum atomic E-state index is 11.3. The van der Waals surface area contributed by atoms with E-state index in [2.05, 4.69) is 10.6 Å². The molecule has 0 aromatic carbocycles. The number of carbonyl (C=O) groups excluding carboxylic acids is 3. The summed E-state index contributed by atoms with van der Waals surface area (Å²) in [7, 11) is 0. The van der Waals surface area contributed by atoms with Crippen LogP contribution in [0.15, 0.2) is 0 Å². The number of carbonyl (C=O) groups is 3. The predicted octanol–water partition coefficient (Wildman–Crippen LogP) is 0.580. The number of esters is 1. The van der Waals surface area contributed by atoms with Crippen LogP contribution in [-0.4, -0.2) is 43.3 Å². The molecule has 110 valence electrons. The molecule has 0 bridgehead atoms. The van der Waals surface area contributed by atoms with Crippen LogP contribution in [0.25, 0.3) is 0 Å². The molecule has 0 heterocycles. The second kappa shape index (κ2) is 8.34. The Hall–Kier alpha value is -1.79. The van der Waals surface area contributed by atoms with Crippen LogP contribution in [0.3, 0.4) is 0 Å². The summed E-state index contributed by atoms with van der Waals surface area (Å²) in [6.45, 7) is 7.18. The molecule has 0 saturated heterocycles. The summed E-state index contributed by atoms with van der Waals surface area (Å²) in [5, 5.41) is 4.79. The molecule has 0 spiro atoms. The number of alkyl carbamates (subject to hydrolysis) is 1. The van der Waals surface area contributed by atoms with Gasteiger partial charge in [-0.15, -0.1) is 0 Å². The van der Waals surface area contributed by atoms with Crippen LogP contribution in [0, 0.1) is 0 Å². The number of rotatable bonds is 6. The van der Waals surface area contributed by atoms with E-state index in [9.17, 15) is 14.4 Å². The van der Waals surface area contributed by atoms with Crippen molar-refractivity contribution in [3.05, 3.63) is 0 Å². The van der Waals surface area contributed by atoms with Crippen LogP contribution in [0.1, 0.15) is 34.1 Å². The Morgan fingerprint density at radius 2 is 1.74 bits per heavy atom. The van der Waals surface area contributed by atoms with Gasteiger partial charge in [0.1, 0.15) is 5.60 Å². The summed E-state index contributed by atoms with van der Waals surface area (Å²) in [5.41, 5.74) is -0.607. The van der Waals surface area contributed by atoms with Gasteiger partial charge >= 0.3 is 12.1 Å². The zero-order chi connectivity index (χ0) is 14.9. The van der Waals surface area contributed by atoms with Gasteiger partial charge in [0.15, 0.2) is 0 Å². The Labute approximate surface area is 113 Å². The zero-order valence-electron chi connectivity index (χ0n) is 11.9. The minimum atomic E-state index is -0.659. The zero-order valence-corrected chi connectivity index (χ0v) is 11.9. The second-order valence-electron chi connectivity index (χ2n) is 4.76. The highest BCUT2D eigenvalue weighted by Gasteiger charge is 2.16. The van der Waals surface area contributed by atoms with Crippen molar-refractivity contribution >= 4 is 18.0 Å². The molecule has 2 N–H and O–H groups in total. The van der Waals surface area contributed by atoms with E-state index in [-0.39, 0.29) is 25.5 Å². The van der Waals surface area contributed by atoms with Gasteiger partial charge in [0.2, 0.25) is 5.91 Å². The van der Waals surface area contributed by atoms with Gasteiger partial charge in [-0.3, -0.25) is 9.59 Å². The smallest absolute Gasteiger partial charge is 0.408 e. The first-order valence-electron chi connectivity index (χ1n) is 6.13. The summed E-state index contributed by atoms with van der Waals surface area (Å²) in [6.07, 6.45) is -0.556. The van der Waals surface area contributed by atoms with E-state index in [4.69, 9.17) is 9.47 Å². The summed E-state index contributed by atoms with van der Waals surface area (Å²) < 4.78 is 9.66. The molecule has 2 amide bonds. The molecule has 0 fully saturated rings. The lowest BCUT2D eigenvalue weighted by molar-refractivity contribution is -0.143. The average Bonchev–Trinajstić information content (AvgIpc) is 2.24. The molecule has 0 radical (unpaired) electrons. The minimum absolute atomic E-state index is 0.103. The van der Waals surface area contributed by atoms with Crippen LogP contribution < -0.4 is 10.6 Å². The Balaban J connectivity index is 3.70. The van der Waals surface area contributed by atoms with Gasteiger partial charge in [0, 0.05) is 6.54 Å². The molecule has 0 aromatic rings. The van der Waals surface area contributed by atoms with E-state index < -0.39 is 17.6 Å². The molecule has 19 heavy (non-hydrogen) atoms. The predicted molar refractivity (Wildman–Crippen MR) is 68.5 cm³/mol. The molecule has 0 aliphatic carbocycles. The van der Waals surface area contributed by atoms with Crippen molar-refractivity contribution in [2.24, 2.45) is 0 Å². The maximum absolute atomic E-state index is 11.3. The third-order valence-electron chi connectivity index (χ3n) is 1.75. The molecule has 0 saturated carbocycles. The number of hydrogen-bond acceptors (Lipinski definition) is 5. The minimum Gasteiger partial charge on any atom is -0.466 e. The molecule has 0 aliphatic rings. The lowest BCUT2D eigenvalue weighted by Crippen LogP contribution is -2.40. The normalized spacial score (nSPS) is 10.5. The Morgan fingerprint density at radius 1 is 1.11 bits per heavy atom. The molecule has 0 rings (SSSR count). The van der Waals surface area contributed by atoms with Gasteiger partial charge in [-0.05, 0) is 27.7 Å². The van der Waals surface area contributed by atoms with Crippen molar-refractivity contribution in [2.75, 3.05) is 19.7 Å². The fourth-order valence-electron chi connectivity index (χ4n) is 1.07. The average molecular weight is 274 g/mol. The van der Waals surface area contributed by atoms with Crippen molar-refractivity contribution in [3.63, 3.8) is 0 Å². The Morgan fingerprint density at radius 3 is 2.26 bits per heavy atom. The van der Waals surface area contributed by atoms with Crippen molar-refractivity contribution in [1.82, 2.24) is 10.6 Å². The SMILES string of the molecule is CCOC(=O)CCNC(=O)CNC(=O)OC(C)(C)C. The van der Waals surface area contributed by atoms with Gasteiger partial charge in [-0.25, -0.2) is 4.79 Å². The van der Waals surface area contributed by atoms with E-state index in [0.717, 1.165) is 0 Å². The number of amides is 2. The topological polar surface area (TPSA) is 93.7 Å². The molecule has 0 unspecified atom stereocenters. The van der Waals surface area contributed by atoms with E-state index in [0.29, 0.717) is 6.61 Å². The summed E-state index contributed by atoms with van der Waals surface area (Å²) in [6, 6.07) is 0. The maximum Gasteiger partial charge on any atom is 0.408 e. The van der Waals surface area contributed by atoms with Crippen LogP contribution in [0.2, 0.25) is 0 Å². The van der Waals surface area contributed by atoms with Crippen molar-refractivity contribution in [3.8, 4) is 0 Å². The Bertz CT molecular complexity index is 323. The summed E-state index contributed by atoms with van der Waals surface area (Å²) >= 11 is 0. The highest BCUT2D eigenvalue weighted by Crippen LogP contribution is 2.05. The van der Waals surface area contributed by atoms with Crippen LogP contribution >= 0.6 is 0 Å². The quantitative estimate of drug-likeness (QED) is 0.691. The van der Waals surface area contributed by atoms with Crippen LogP contribution in [-0.2, 0) is 19.1 Å². The number of hydrogen-bond donors (Lipinski definition) is 2. The summed E-state index contributed by atoms with van der Waals surface area (Å²) in [5.74, 6) is -0.766. The first-order chi connectivity index (χ1) is 8.74. The van der Waals surface area contributed by atoms with Crippen LogP contribution in [0.5, 0.6) is 0 Å². The molecule has 0 atom stereocenters. The monoisotopic (exact) mass is 274 g/mol. The van der Waals surface area contributed by atoms with Crippen molar-refractivity contribution < 1.29 is 23.9 Å². The number of nitrogens with one attached hydrogen (secondary N) is 2. The standard InChI is InChI=1S/C12H22N2O5/c1-5-18-10(16)6-7-13-9(15)8-14-11(17)19-12(2,3)4/h5-8H2,1-4H3,(H,13,15)(H,14,17).